The first-order chi connectivity index (χ1) is 50.1. The zero-order valence-electron chi connectivity index (χ0n) is 60.0. The Kier molecular flexibility index (Phi) is 37.3. The second-order valence-corrected chi connectivity index (χ2v) is 35.1. The van der Waals surface area contributed by atoms with E-state index in [0.717, 1.165) is 0 Å². The van der Waals surface area contributed by atoms with Crippen LogP contribution in [-0.2, 0) is 52.5 Å². The zero-order valence-corrected chi connectivity index (χ0v) is 70.5. The van der Waals surface area contributed by atoms with Crippen LogP contribution in [0.25, 0.3) is 45.6 Å². The molecule has 0 unspecified atom stereocenters. The van der Waals surface area contributed by atoms with Gasteiger partial charge < -0.3 is 19.6 Å². The van der Waals surface area contributed by atoms with E-state index in [9.17, 15) is 38.4 Å². The molecule has 0 aromatic carbocycles. The zero-order chi connectivity index (χ0) is 78.7. The van der Waals surface area contributed by atoms with Gasteiger partial charge in [0.25, 0.3) is 23.6 Å². The molecule has 1 saturated heterocycles. The summed E-state index contributed by atoms with van der Waals surface area (Å²) in [6, 6.07) is 27.1. The summed E-state index contributed by atoms with van der Waals surface area (Å²) in [5.41, 5.74) is 4.59. The van der Waals surface area contributed by atoms with Crippen molar-refractivity contribution in [2.75, 3.05) is 52.4 Å². The maximum atomic E-state index is 14.9. The van der Waals surface area contributed by atoms with Crippen LogP contribution in [0.5, 0.6) is 0 Å². The summed E-state index contributed by atoms with van der Waals surface area (Å²) in [6.45, 7) is 23.0. The number of nitrogens with zero attached hydrogens (tertiary/aromatic N) is 12. The fourth-order valence-corrected chi connectivity index (χ4v) is 10.5. The van der Waals surface area contributed by atoms with E-state index >= 15 is 0 Å². The summed E-state index contributed by atoms with van der Waals surface area (Å²) in [4.78, 5) is 154. The van der Waals surface area contributed by atoms with E-state index in [1.807, 2.05) is 83.1 Å². The molecule has 0 radical (unpaired) electrons. The minimum atomic E-state index is -0.595. The molecule has 32 heteroatoms. The molecule has 0 saturated carbocycles. The van der Waals surface area contributed by atoms with Crippen LogP contribution in [0.2, 0.25) is 0 Å². The van der Waals surface area contributed by atoms with Crippen LogP contribution >= 0.6 is 80.8 Å². The quantitative estimate of drug-likeness (QED) is 0.0814. The van der Waals surface area contributed by atoms with E-state index in [1.54, 1.807) is 117 Å². The molecular formula is C74H80Cl8Fe4N12O8. The predicted octanol–water partition coefficient (Wildman–Crippen LogP) is 17.6. The molecule has 4 amide bonds. The molecule has 1 fully saturated rings. The summed E-state index contributed by atoms with van der Waals surface area (Å²) < 4.78 is 0. The van der Waals surface area contributed by atoms with Gasteiger partial charge in [0.15, 0.2) is 23.1 Å². The van der Waals surface area contributed by atoms with Crippen LogP contribution in [0.4, 0.5) is 0 Å². The molecule has 0 N–H and O–H groups in total. The molecule has 106 heavy (non-hydrogen) atoms. The molecule has 20 nitrogen and oxygen atoms in total. The Morgan fingerprint density at radius 3 is 0.491 bits per heavy atom. The normalized spacial score (nSPS) is 13.2. The fraction of sp³-hybridized carbons (Fsp3) is 0.351. The van der Waals surface area contributed by atoms with Gasteiger partial charge in [-0.2, -0.15) is 0 Å². The van der Waals surface area contributed by atoms with Gasteiger partial charge in [-0.15, -0.1) is 0 Å². The summed E-state index contributed by atoms with van der Waals surface area (Å²) in [6.07, 6.45) is 12.5. The Morgan fingerprint density at radius 1 is 0.245 bits per heavy atom. The van der Waals surface area contributed by atoms with Crippen LogP contribution < -0.4 is 0 Å². The Hall–Kier alpha value is -5.84. The number of carbonyl (C=O) groups is 8. The third kappa shape index (κ3) is 27.3. The molecule has 0 bridgehead atoms. The molecule has 8 aromatic rings. The first-order valence-corrected chi connectivity index (χ1v) is 44.7. The van der Waals surface area contributed by atoms with Crippen molar-refractivity contribution in [3.05, 3.63) is 191 Å². The van der Waals surface area contributed by atoms with E-state index in [-0.39, 0.29) is 187 Å². The van der Waals surface area contributed by atoms with Crippen LogP contribution in [0.15, 0.2) is 147 Å². The van der Waals surface area contributed by atoms with E-state index < -0.39 is 21.7 Å². The molecule has 572 valence electrons. The molecule has 1 aliphatic rings. The van der Waals surface area contributed by atoms with Crippen molar-refractivity contribution in [1.82, 2.24) is 59.5 Å². The summed E-state index contributed by atoms with van der Waals surface area (Å²) in [5, 5.41) is 0. The molecule has 0 spiro atoms. The van der Waals surface area contributed by atoms with E-state index in [2.05, 4.69) is 39.9 Å². The van der Waals surface area contributed by atoms with Crippen molar-refractivity contribution in [2.45, 2.75) is 95.9 Å². The summed E-state index contributed by atoms with van der Waals surface area (Å²) in [7, 11) is 38.1. The summed E-state index contributed by atoms with van der Waals surface area (Å²) >= 11 is 0.778. The number of hydrogen-bond donors (Lipinski definition) is 0. The van der Waals surface area contributed by atoms with E-state index in [0.29, 0.717) is 67.8 Å². The number of carbonyl (C=O) groups excluding carboxylic acids is 8. The number of amides is 4. The van der Waals surface area contributed by atoms with Crippen LogP contribution in [-0.4, -0.2) is 159 Å². The minimum absolute atomic E-state index is 0.0492. The Bertz CT molecular complexity index is 3680. The van der Waals surface area contributed by atoms with Crippen molar-refractivity contribution in [3.8, 4) is 45.6 Å². The number of pyridine rings is 8. The van der Waals surface area contributed by atoms with Crippen molar-refractivity contribution in [2.24, 2.45) is 21.7 Å². The topological polar surface area (TPSA) is 253 Å². The van der Waals surface area contributed by atoms with Gasteiger partial charge in [0.1, 0.15) is 0 Å². The summed E-state index contributed by atoms with van der Waals surface area (Å²) in [5.74, 6) is -1.67. The van der Waals surface area contributed by atoms with E-state index in [1.165, 1.54) is 49.6 Å². The SMILES string of the molecule is CC(C)(C)C(=O)c1ccc(-c2ccc(C(=O)N3CCCN(C(=O)c4ccc(-c5ccc(C(=O)C(C)(C)C)cn5)nc4)CCN(C(=O)c4ccc(-c5ccc(C(=O)C(C)(C)C)cn5)nc4)CCCN(C(=O)c4ccc(-c5ccc(C(=O)C(C)(C)C)cn5)nc4)CC3)cn2)nc1.[Cl][Fe][Cl].[Cl][Fe][Cl].[Cl][Fe][Cl].[Cl][Fe][Cl]. The molecule has 1 aliphatic heterocycles. The molecule has 9 heterocycles. The average molecular weight is 1770 g/mol. The fourth-order valence-electron chi connectivity index (χ4n) is 10.5. The standard InChI is InChI=1S/C74H80N12O8.8ClH.4Fe/c1-71(2,3)63(87)47-15-23-55(75-39-47)59-27-19-51(43-79-59)67(91)83-31-13-32-85(69(93)53-21-29-61(81-45-53)57-25-17-49(41-77-57)65(89)73(7,8)9)37-38-86(70(94)54-22-30-62(82-46-54)58-26-18-50(42-78-58)66(90)74(10,11)12)34-14-33-84(36-35-83)68(92)52-20-28-60(80-44-52)56-24-16-48(40-76-56)64(88)72(4,5)6;;;;;;;;;;;;/h15-30,39-46H,13-14,31-38H2,1-12H3;8*1H;;;;/q;;;;;;;;;4*+2/p-8. The van der Waals surface area contributed by atoms with Gasteiger partial charge in [-0.1, -0.05) is 83.1 Å². The van der Waals surface area contributed by atoms with Gasteiger partial charge in [-0.3, -0.25) is 78.2 Å². The van der Waals surface area contributed by atoms with Crippen molar-refractivity contribution in [3.63, 3.8) is 0 Å². The number of hydrogen-bond acceptors (Lipinski definition) is 16. The third-order valence-electron chi connectivity index (χ3n) is 16.1. The average Bonchev–Trinajstić information content (AvgIpc) is 0.836. The second kappa shape index (κ2) is 43.5. The first-order valence-electron chi connectivity index (χ1n) is 32.6. The predicted molar refractivity (Wildman–Crippen MR) is 405 cm³/mol. The Labute approximate surface area is 678 Å². The maximum absolute atomic E-state index is 14.9. The van der Waals surface area contributed by atoms with E-state index in [4.69, 9.17) is 80.8 Å². The Balaban J connectivity index is 0.00000157. The van der Waals surface area contributed by atoms with Gasteiger partial charge in [0.2, 0.25) is 0 Å². The van der Waals surface area contributed by atoms with Crippen LogP contribution in [0.3, 0.4) is 0 Å². The van der Waals surface area contributed by atoms with Gasteiger partial charge in [-0.25, -0.2) is 0 Å². The van der Waals surface area contributed by atoms with Crippen molar-refractivity contribution in [1.29, 1.82) is 0 Å². The molecule has 0 aliphatic carbocycles. The van der Waals surface area contributed by atoms with Crippen LogP contribution in [0, 0.1) is 21.7 Å². The Morgan fingerprint density at radius 2 is 0.377 bits per heavy atom. The van der Waals surface area contributed by atoms with Gasteiger partial charge >= 0.3 is 133 Å². The monoisotopic (exact) mass is 1770 g/mol. The molecule has 0 atom stereocenters. The molecule has 9 rings (SSSR count). The van der Waals surface area contributed by atoms with Crippen molar-refractivity contribution >= 4 is 128 Å². The van der Waals surface area contributed by atoms with Gasteiger partial charge in [0, 0.05) is 146 Å². The molecule has 8 aromatic heterocycles. The second-order valence-electron chi connectivity index (χ2n) is 27.9. The third-order valence-corrected chi connectivity index (χ3v) is 16.1. The number of halogens is 8. The van der Waals surface area contributed by atoms with Crippen LogP contribution in [0.1, 0.15) is 179 Å². The van der Waals surface area contributed by atoms with Gasteiger partial charge in [0.05, 0.1) is 67.8 Å². The number of Topliss-reactive ketones (excluding diaryl/α,β-unsaturated/α-hetero) is 4. The first kappa shape index (κ1) is 90.8. The number of rotatable bonds is 12. The number of ketones is 4. The van der Waals surface area contributed by atoms with Crippen molar-refractivity contribution < 1.29 is 90.9 Å². The molecular weight excluding hydrogens is 1690 g/mol. The van der Waals surface area contributed by atoms with Gasteiger partial charge in [-0.05, 0) is 110 Å². The number of aromatic nitrogens is 8.